The van der Waals surface area contributed by atoms with E-state index in [0.717, 1.165) is 12.0 Å². The molecule has 0 saturated carbocycles. The van der Waals surface area contributed by atoms with Gasteiger partial charge in [0, 0.05) is 19.1 Å². The van der Waals surface area contributed by atoms with Crippen LogP contribution in [-0.2, 0) is 0 Å². The molecule has 0 aromatic rings. The van der Waals surface area contributed by atoms with Crippen molar-refractivity contribution in [2.24, 2.45) is 5.92 Å². The van der Waals surface area contributed by atoms with Crippen molar-refractivity contribution in [2.75, 3.05) is 26.7 Å². The Morgan fingerprint density at radius 1 is 1.36 bits per heavy atom. The smallest absolute Gasteiger partial charge is 0.0157 e. The third-order valence-electron chi connectivity index (χ3n) is 2.66. The standard InChI is InChI=1S/C7H14N2.2ClH/c1-9-5-6-4-8-3-2-7(6)9;;/h6-8H,2-5H2,1H3;2*1H. The van der Waals surface area contributed by atoms with E-state index >= 15 is 0 Å². The van der Waals surface area contributed by atoms with Crippen molar-refractivity contribution in [2.45, 2.75) is 12.5 Å². The van der Waals surface area contributed by atoms with Crippen LogP contribution in [0.5, 0.6) is 0 Å². The molecule has 0 spiro atoms. The lowest BCUT2D eigenvalue weighted by Crippen LogP contribution is -2.60. The Morgan fingerprint density at radius 3 is 2.55 bits per heavy atom. The molecule has 1 N–H and O–H groups in total. The van der Waals surface area contributed by atoms with Gasteiger partial charge in [-0.25, -0.2) is 0 Å². The van der Waals surface area contributed by atoms with E-state index in [1.54, 1.807) is 0 Å². The fourth-order valence-electron chi connectivity index (χ4n) is 2.04. The van der Waals surface area contributed by atoms with Gasteiger partial charge >= 0.3 is 0 Å². The number of halogens is 2. The van der Waals surface area contributed by atoms with E-state index in [2.05, 4.69) is 17.3 Å². The molecular weight excluding hydrogens is 183 g/mol. The second-order valence-corrected chi connectivity index (χ2v) is 3.26. The molecule has 2 fully saturated rings. The van der Waals surface area contributed by atoms with Crippen molar-refractivity contribution in [1.82, 2.24) is 10.2 Å². The molecule has 0 aromatic heterocycles. The minimum atomic E-state index is 0. The predicted octanol–water partition coefficient (Wildman–Crippen LogP) is 0.753. The second-order valence-electron chi connectivity index (χ2n) is 3.26. The maximum Gasteiger partial charge on any atom is 0.0157 e. The topological polar surface area (TPSA) is 15.3 Å². The molecule has 4 heteroatoms. The summed E-state index contributed by atoms with van der Waals surface area (Å²) in [5.41, 5.74) is 0. The monoisotopic (exact) mass is 198 g/mol. The quantitative estimate of drug-likeness (QED) is 0.619. The van der Waals surface area contributed by atoms with Crippen molar-refractivity contribution < 1.29 is 0 Å². The molecule has 2 unspecified atom stereocenters. The first-order valence-electron chi connectivity index (χ1n) is 3.79. The molecule has 0 aromatic carbocycles. The first kappa shape index (κ1) is 11.5. The number of likely N-dealkylation sites (tertiary alicyclic amines) is 1. The van der Waals surface area contributed by atoms with Gasteiger partial charge in [0.2, 0.25) is 0 Å². The molecular formula is C7H16Cl2N2. The zero-order chi connectivity index (χ0) is 6.27. The fraction of sp³-hybridized carbons (Fsp3) is 1.00. The molecule has 2 saturated heterocycles. The first-order chi connectivity index (χ1) is 4.38. The van der Waals surface area contributed by atoms with Gasteiger partial charge in [0.1, 0.15) is 0 Å². The van der Waals surface area contributed by atoms with Gasteiger partial charge in [-0.2, -0.15) is 0 Å². The number of piperidine rings is 1. The summed E-state index contributed by atoms with van der Waals surface area (Å²) in [6.45, 7) is 3.80. The van der Waals surface area contributed by atoms with Gasteiger partial charge in [-0.05, 0) is 25.9 Å². The van der Waals surface area contributed by atoms with Crippen molar-refractivity contribution in [1.29, 1.82) is 0 Å². The van der Waals surface area contributed by atoms with E-state index in [1.807, 2.05) is 0 Å². The summed E-state index contributed by atoms with van der Waals surface area (Å²) < 4.78 is 0. The number of fused-ring (bicyclic) bond motifs is 1. The Kier molecular flexibility index (Phi) is 4.71. The molecule has 2 aliphatic heterocycles. The summed E-state index contributed by atoms with van der Waals surface area (Å²) >= 11 is 0. The number of rotatable bonds is 0. The third-order valence-corrected chi connectivity index (χ3v) is 2.66. The van der Waals surface area contributed by atoms with Crippen molar-refractivity contribution in [3.05, 3.63) is 0 Å². The molecule has 2 nitrogen and oxygen atoms in total. The van der Waals surface area contributed by atoms with Crippen LogP contribution in [0.2, 0.25) is 0 Å². The minimum absolute atomic E-state index is 0. The number of nitrogens with one attached hydrogen (secondary N) is 1. The van der Waals surface area contributed by atoms with Gasteiger partial charge in [0.15, 0.2) is 0 Å². The van der Waals surface area contributed by atoms with E-state index in [9.17, 15) is 0 Å². The first-order valence-corrected chi connectivity index (χ1v) is 3.79. The van der Waals surface area contributed by atoms with E-state index in [4.69, 9.17) is 0 Å². The van der Waals surface area contributed by atoms with E-state index in [0.29, 0.717) is 0 Å². The Labute approximate surface area is 80.5 Å². The maximum atomic E-state index is 3.41. The van der Waals surface area contributed by atoms with Crippen molar-refractivity contribution >= 4 is 24.8 Å². The van der Waals surface area contributed by atoms with Gasteiger partial charge in [-0.3, -0.25) is 0 Å². The number of hydrogen-bond donors (Lipinski definition) is 1. The van der Waals surface area contributed by atoms with Gasteiger partial charge < -0.3 is 10.2 Å². The molecule has 0 amide bonds. The van der Waals surface area contributed by atoms with Crippen LogP contribution in [0.1, 0.15) is 6.42 Å². The van der Waals surface area contributed by atoms with Crippen molar-refractivity contribution in [3.63, 3.8) is 0 Å². The zero-order valence-corrected chi connectivity index (χ0v) is 8.38. The SMILES string of the molecule is CN1CC2CNCCC21.Cl.Cl. The Morgan fingerprint density at radius 2 is 2.09 bits per heavy atom. The van der Waals surface area contributed by atoms with Gasteiger partial charge in [-0.1, -0.05) is 0 Å². The van der Waals surface area contributed by atoms with Crippen molar-refractivity contribution in [3.8, 4) is 0 Å². The molecule has 0 bridgehead atoms. The summed E-state index contributed by atoms with van der Waals surface area (Å²) in [7, 11) is 2.23. The lowest BCUT2D eigenvalue weighted by atomic mass is 9.84. The van der Waals surface area contributed by atoms with Crippen LogP contribution >= 0.6 is 24.8 Å². The Balaban J connectivity index is 0.000000500. The largest absolute Gasteiger partial charge is 0.316 e. The Hall–Kier alpha value is 0.500. The molecule has 68 valence electrons. The van der Waals surface area contributed by atoms with Gasteiger partial charge in [-0.15, -0.1) is 24.8 Å². The average molecular weight is 199 g/mol. The van der Waals surface area contributed by atoms with Crippen LogP contribution in [-0.4, -0.2) is 37.6 Å². The highest BCUT2D eigenvalue weighted by atomic mass is 35.5. The fourth-order valence-corrected chi connectivity index (χ4v) is 2.04. The number of hydrogen-bond acceptors (Lipinski definition) is 2. The molecule has 11 heavy (non-hydrogen) atoms. The van der Waals surface area contributed by atoms with Crippen LogP contribution in [0.3, 0.4) is 0 Å². The number of nitrogens with zero attached hydrogens (tertiary/aromatic N) is 1. The molecule has 0 aliphatic carbocycles. The lowest BCUT2D eigenvalue weighted by molar-refractivity contribution is 0.0186. The molecule has 2 rings (SSSR count). The highest BCUT2D eigenvalue weighted by Crippen LogP contribution is 2.26. The summed E-state index contributed by atoms with van der Waals surface area (Å²) in [6, 6.07) is 0.922. The zero-order valence-electron chi connectivity index (χ0n) is 6.75. The normalized spacial score (nSPS) is 35.7. The van der Waals surface area contributed by atoms with Crippen LogP contribution in [0.25, 0.3) is 0 Å². The molecule has 2 atom stereocenters. The van der Waals surface area contributed by atoms with Gasteiger partial charge in [0.25, 0.3) is 0 Å². The predicted molar refractivity (Wildman–Crippen MR) is 51.9 cm³/mol. The van der Waals surface area contributed by atoms with E-state index in [-0.39, 0.29) is 24.8 Å². The van der Waals surface area contributed by atoms with E-state index in [1.165, 1.54) is 26.1 Å². The highest BCUT2D eigenvalue weighted by Gasteiger charge is 2.37. The van der Waals surface area contributed by atoms with Crippen LogP contribution in [0.4, 0.5) is 0 Å². The average Bonchev–Trinajstić information content (AvgIpc) is 1.86. The molecule has 2 aliphatic rings. The van der Waals surface area contributed by atoms with Crippen LogP contribution in [0.15, 0.2) is 0 Å². The minimum Gasteiger partial charge on any atom is -0.316 e. The van der Waals surface area contributed by atoms with E-state index < -0.39 is 0 Å². The summed E-state index contributed by atoms with van der Waals surface area (Å²) in [5.74, 6) is 0.976. The lowest BCUT2D eigenvalue weighted by Gasteiger charge is -2.49. The Bertz CT molecular complexity index is 119. The van der Waals surface area contributed by atoms with Crippen LogP contribution < -0.4 is 5.32 Å². The maximum absolute atomic E-state index is 3.41. The summed E-state index contributed by atoms with van der Waals surface area (Å²) in [4.78, 5) is 2.46. The van der Waals surface area contributed by atoms with Gasteiger partial charge in [0.05, 0.1) is 0 Å². The second kappa shape index (κ2) is 4.51. The summed E-state index contributed by atoms with van der Waals surface area (Å²) in [5, 5.41) is 3.41. The highest BCUT2D eigenvalue weighted by molar-refractivity contribution is 5.85. The molecule has 0 radical (unpaired) electrons. The molecule has 2 heterocycles. The van der Waals surface area contributed by atoms with Crippen LogP contribution in [0, 0.1) is 5.92 Å². The summed E-state index contributed by atoms with van der Waals surface area (Å²) in [6.07, 6.45) is 1.36. The third kappa shape index (κ3) is 2.00.